The Hall–Kier alpha value is -2.31. The van der Waals surface area contributed by atoms with Crippen LogP contribution in [0.1, 0.15) is 11.3 Å². The minimum atomic E-state index is -0.952. The average Bonchev–Trinajstić information content (AvgIpc) is 2.66. The molecule has 0 N–H and O–H groups in total. The summed E-state index contributed by atoms with van der Waals surface area (Å²) < 4.78 is 27.1. The summed E-state index contributed by atoms with van der Waals surface area (Å²) in [5.41, 5.74) is 0.748. The maximum absolute atomic E-state index is 13.0. The molecule has 0 aliphatic heterocycles. The van der Waals surface area contributed by atoms with Crippen molar-refractivity contribution in [2.75, 3.05) is 0 Å². The van der Waals surface area contributed by atoms with Crippen LogP contribution in [0, 0.1) is 28.7 Å². The molecule has 1 aromatic heterocycles. The number of halogens is 2. The van der Waals surface area contributed by atoms with Crippen molar-refractivity contribution in [2.24, 2.45) is 0 Å². The second-order valence-corrected chi connectivity index (χ2v) is 3.78. The molecule has 94 valence electrons. The predicted molar refractivity (Wildman–Crippen MR) is 59.1 cm³/mol. The quantitative estimate of drug-likeness (QED) is 0.623. The van der Waals surface area contributed by atoms with E-state index in [1.807, 2.05) is 0 Å². The van der Waals surface area contributed by atoms with Crippen LogP contribution in [0.3, 0.4) is 0 Å². The second-order valence-electron chi connectivity index (χ2n) is 3.78. The van der Waals surface area contributed by atoms with E-state index in [9.17, 15) is 18.9 Å². The first-order chi connectivity index (χ1) is 8.49. The van der Waals surface area contributed by atoms with E-state index in [0.717, 1.165) is 18.3 Å². The number of nitro groups is 1. The van der Waals surface area contributed by atoms with Gasteiger partial charge in [-0.15, -0.1) is 0 Å². The molecule has 0 bridgehead atoms. The molecule has 18 heavy (non-hydrogen) atoms. The Morgan fingerprint density at radius 2 is 2.11 bits per heavy atom. The summed E-state index contributed by atoms with van der Waals surface area (Å²) in [4.78, 5) is 10.1. The largest absolute Gasteiger partial charge is 0.309 e. The third-order valence-corrected chi connectivity index (χ3v) is 2.59. The summed E-state index contributed by atoms with van der Waals surface area (Å²) in [5, 5.41) is 14.5. The highest BCUT2D eigenvalue weighted by molar-refractivity contribution is 5.32. The number of nitrogens with zero attached hydrogens (tertiary/aromatic N) is 3. The van der Waals surface area contributed by atoms with Crippen molar-refractivity contribution in [3.05, 3.63) is 57.4 Å². The Labute approximate surface area is 101 Å². The zero-order valence-corrected chi connectivity index (χ0v) is 9.43. The van der Waals surface area contributed by atoms with Crippen molar-refractivity contribution < 1.29 is 13.7 Å². The lowest BCUT2D eigenvalue weighted by molar-refractivity contribution is -0.385. The molecule has 0 saturated heterocycles. The van der Waals surface area contributed by atoms with E-state index < -0.39 is 16.6 Å². The third kappa shape index (κ3) is 2.20. The van der Waals surface area contributed by atoms with Crippen LogP contribution in [-0.2, 0) is 6.54 Å². The minimum absolute atomic E-state index is 0.0995. The highest BCUT2D eigenvalue weighted by Crippen LogP contribution is 2.18. The van der Waals surface area contributed by atoms with Crippen molar-refractivity contribution in [3.8, 4) is 0 Å². The molecular formula is C11H9F2N3O2. The molecule has 2 rings (SSSR count). The number of hydrogen-bond donors (Lipinski definition) is 0. The third-order valence-electron chi connectivity index (χ3n) is 2.59. The molecule has 0 radical (unpaired) electrons. The minimum Gasteiger partial charge on any atom is -0.258 e. The molecule has 1 heterocycles. The second kappa shape index (κ2) is 4.52. The van der Waals surface area contributed by atoms with E-state index in [1.54, 1.807) is 6.92 Å². The van der Waals surface area contributed by atoms with Gasteiger partial charge in [0, 0.05) is 0 Å². The molecule has 0 fully saturated rings. The zero-order chi connectivity index (χ0) is 13.3. The van der Waals surface area contributed by atoms with Crippen LogP contribution >= 0.6 is 0 Å². The van der Waals surface area contributed by atoms with Gasteiger partial charge in [0.2, 0.25) is 0 Å². The van der Waals surface area contributed by atoms with Gasteiger partial charge in [-0.25, -0.2) is 8.78 Å². The molecule has 0 unspecified atom stereocenters. The van der Waals surface area contributed by atoms with Gasteiger partial charge >= 0.3 is 5.69 Å². The molecule has 7 heteroatoms. The Morgan fingerprint density at radius 3 is 2.67 bits per heavy atom. The topological polar surface area (TPSA) is 61.0 Å². The number of benzene rings is 1. The Bertz CT molecular complexity index is 610. The molecule has 5 nitrogen and oxygen atoms in total. The van der Waals surface area contributed by atoms with Crippen molar-refractivity contribution in [1.82, 2.24) is 9.78 Å². The molecule has 2 aromatic rings. The fourth-order valence-corrected chi connectivity index (χ4v) is 1.59. The SMILES string of the molecule is Cc1c([N+](=O)[O-])cnn1Cc1ccc(F)c(F)c1. The van der Waals surface area contributed by atoms with Crippen molar-refractivity contribution in [2.45, 2.75) is 13.5 Å². The van der Waals surface area contributed by atoms with Gasteiger partial charge in [0.1, 0.15) is 11.9 Å². The highest BCUT2D eigenvalue weighted by atomic mass is 19.2. The Morgan fingerprint density at radius 1 is 1.39 bits per heavy atom. The lowest BCUT2D eigenvalue weighted by Crippen LogP contribution is -2.05. The molecule has 0 saturated carbocycles. The summed E-state index contributed by atoms with van der Waals surface area (Å²) >= 11 is 0. The number of rotatable bonds is 3. The van der Waals surface area contributed by atoms with Crippen LogP contribution in [-0.4, -0.2) is 14.7 Å². The number of aromatic nitrogens is 2. The van der Waals surface area contributed by atoms with E-state index in [2.05, 4.69) is 5.10 Å². The molecule has 1 aromatic carbocycles. The first-order valence-corrected chi connectivity index (χ1v) is 5.10. The summed E-state index contributed by atoms with van der Waals surface area (Å²) in [5.74, 6) is -1.88. The van der Waals surface area contributed by atoms with Crippen molar-refractivity contribution in [1.29, 1.82) is 0 Å². The van der Waals surface area contributed by atoms with Gasteiger partial charge in [0.15, 0.2) is 11.6 Å². The summed E-state index contributed by atoms with van der Waals surface area (Å²) in [7, 11) is 0. The molecule has 0 aliphatic carbocycles. The van der Waals surface area contributed by atoms with Crippen molar-refractivity contribution >= 4 is 5.69 Å². The molecule has 0 amide bonds. The van der Waals surface area contributed by atoms with Crippen LogP contribution in [0.5, 0.6) is 0 Å². The normalized spacial score (nSPS) is 10.6. The lowest BCUT2D eigenvalue weighted by Gasteiger charge is -2.04. The van der Waals surface area contributed by atoms with Crippen LogP contribution < -0.4 is 0 Å². The van der Waals surface area contributed by atoms with Crippen LogP contribution in [0.2, 0.25) is 0 Å². The smallest absolute Gasteiger partial charge is 0.258 e. The van der Waals surface area contributed by atoms with E-state index in [4.69, 9.17) is 0 Å². The maximum Gasteiger partial charge on any atom is 0.309 e. The van der Waals surface area contributed by atoms with Gasteiger partial charge in [-0.05, 0) is 24.6 Å². The van der Waals surface area contributed by atoms with Crippen molar-refractivity contribution in [3.63, 3.8) is 0 Å². The Balaban J connectivity index is 2.29. The highest BCUT2D eigenvalue weighted by Gasteiger charge is 2.16. The lowest BCUT2D eigenvalue weighted by atomic mass is 10.2. The fraction of sp³-hybridized carbons (Fsp3) is 0.182. The first kappa shape index (κ1) is 12.2. The maximum atomic E-state index is 13.0. The summed E-state index contributed by atoms with van der Waals surface area (Å²) in [6, 6.07) is 3.46. The monoisotopic (exact) mass is 253 g/mol. The standard InChI is InChI=1S/C11H9F2N3O2/c1-7-11(16(17)18)5-14-15(7)6-8-2-3-9(12)10(13)4-8/h2-5H,6H2,1H3. The van der Waals surface area contributed by atoms with E-state index in [1.165, 1.54) is 10.7 Å². The summed E-state index contributed by atoms with van der Waals surface area (Å²) in [6.07, 6.45) is 1.13. The number of hydrogen-bond acceptors (Lipinski definition) is 3. The first-order valence-electron chi connectivity index (χ1n) is 5.10. The van der Waals surface area contributed by atoms with Gasteiger partial charge in [0.25, 0.3) is 0 Å². The van der Waals surface area contributed by atoms with E-state index in [-0.39, 0.29) is 12.2 Å². The van der Waals surface area contributed by atoms with Gasteiger partial charge in [0.05, 0.1) is 11.5 Å². The molecule has 0 atom stereocenters. The van der Waals surface area contributed by atoms with Gasteiger partial charge < -0.3 is 0 Å². The van der Waals surface area contributed by atoms with Gasteiger partial charge in [-0.3, -0.25) is 14.8 Å². The Kier molecular flexibility index (Phi) is 3.05. The zero-order valence-electron chi connectivity index (χ0n) is 9.43. The molecule has 0 aliphatic rings. The van der Waals surface area contributed by atoms with Crippen LogP contribution in [0.25, 0.3) is 0 Å². The average molecular weight is 253 g/mol. The fourth-order valence-electron chi connectivity index (χ4n) is 1.59. The van der Waals surface area contributed by atoms with Crippen LogP contribution in [0.4, 0.5) is 14.5 Å². The predicted octanol–water partition coefficient (Wildman–Crippen LogP) is 2.43. The van der Waals surface area contributed by atoms with Crippen LogP contribution in [0.15, 0.2) is 24.4 Å². The summed E-state index contributed by atoms with van der Waals surface area (Å²) in [6.45, 7) is 1.70. The molecular weight excluding hydrogens is 244 g/mol. The van der Waals surface area contributed by atoms with Gasteiger partial charge in [-0.2, -0.15) is 5.10 Å². The van der Waals surface area contributed by atoms with Gasteiger partial charge in [-0.1, -0.05) is 6.07 Å². The van der Waals surface area contributed by atoms with E-state index >= 15 is 0 Å². The molecule has 0 spiro atoms. The van der Waals surface area contributed by atoms with E-state index in [0.29, 0.717) is 11.3 Å².